The standard InChI is InChI=1S/C14H19NO2/c1-11-3-4-12-5-6-15-14(13(12)9-11)10-17-8-7-16-2/h3-4,9H,5-8,10H2,1-2H3. The maximum absolute atomic E-state index is 5.55. The van der Waals surface area contributed by atoms with E-state index in [1.54, 1.807) is 7.11 Å². The highest BCUT2D eigenvalue weighted by atomic mass is 16.5. The van der Waals surface area contributed by atoms with Gasteiger partial charge >= 0.3 is 0 Å². The summed E-state index contributed by atoms with van der Waals surface area (Å²) in [5, 5.41) is 0. The van der Waals surface area contributed by atoms with E-state index in [2.05, 4.69) is 30.1 Å². The van der Waals surface area contributed by atoms with E-state index >= 15 is 0 Å². The van der Waals surface area contributed by atoms with Crippen molar-refractivity contribution in [2.75, 3.05) is 33.5 Å². The molecule has 0 saturated heterocycles. The summed E-state index contributed by atoms with van der Waals surface area (Å²) < 4.78 is 10.5. The normalized spacial score (nSPS) is 14.4. The number of hydrogen-bond donors (Lipinski definition) is 0. The van der Waals surface area contributed by atoms with Gasteiger partial charge in [0.25, 0.3) is 0 Å². The zero-order chi connectivity index (χ0) is 12.1. The Labute approximate surface area is 102 Å². The SMILES string of the molecule is COCCOCC1=NCCc2ccc(C)cc21. The zero-order valence-corrected chi connectivity index (χ0v) is 10.5. The first-order chi connectivity index (χ1) is 8.31. The highest BCUT2D eigenvalue weighted by Gasteiger charge is 2.13. The summed E-state index contributed by atoms with van der Waals surface area (Å²) in [6, 6.07) is 6.56. The minimum absolute atomic E-state index is 0.583. The molecule has 1 aliphatic heterocycles. The van der Waals surface area contributed by atoms with Gasteiger partial charge in [-0.05, 0) is 25.0 Å². The van der Waals surface area contributed by atoms with E-state index in [9.17, 15) is 0 Å². The Morgan fingerprint density at radius 1 is 1.29 bits per heavy atom. The highest BCUT2D eigenvalue weighted by molar-refractivity contribution is 6.03. The van der Waals surface area contributed by atoms with Crippen molar-refractivity contribution >= 4 is 5.71 Å². The molecule has 92 valence electrons. The molecule has 1 aliphatic rings. The summed E-state index contributed by atoms with van der Waals surface area (Å²) in [6.07, 6.45) is 1.04. The molecule has 1 aromatic carbocycles. The van der Waals surface area contributed by atoms with Crippen LogP contribution in [0.4, 0.5) is 0 Å². The minimum atomic E-state index is 0.583. The van der Waals surface area contributed by atoms with Gasteiger partial charge in [-0.25, -0.2) is 0 Å². The lowest BCUT2D eigenvalue weighted by Gasteiger charge is -2.17. The van der Waals surface area contributed by atoms with E-state index in [1.165, 1.54) is 16.7 Å². The molecule has 17 heavy (non-hydrogen) atoms. The third-order valence-electron chi connectivity index (χ3n) is 2.93. The molecule has 0 amide bonds. The molecule has 0 bridgehead atoms. The average molecular weight is 233 g/mol. The van der Waals surface area contributed by atoms with Gasteiger partial charge in [0.15, 0.2) is 0 Å². The molecule has 2 rings (SSSR count). The van der Waals surface area contributed by atoms with Crippen molar-refractivity contribution in [2.24, 2.45) is 4.99 Å². The number of aliphatic imine (C=N–C) groups is 1. The van der Waals surface area contributed by atoms with Gasteiger partial charge in [-0.15, -0.1) is 0 Å². The van der Waals surface area contributed by atoms with Crippen molar-refractivity contribution in [2.45, 2.75) is 13.3 Å². The van der Waals surface area contributed by atoms with Crippen molar-refractivity contribution < 1.29 is 9.47 Å². The second kappa shape index (κ2) is 5.94. The van der Waals surface area contributed by atoms with Crippen LogP contribution in [0.3, 0.4) is 0 Å². The summed E-state index contributed by atoms with van der Waals surface area (Å²) in [7, 11) is 1.68. The second-order valence-electron chi connectivity index (χ2n) is 4.28. The van der Waals surface area contributed by atoms with Gasteiger partial charge in [-0.1, -0.05) is 17.7 Å². The Balaban J connectivity index is 2.04. The molecule has 0 fully saturated rings. The smallest absolute Gasteiger partial charge is 0.0890 e. The Kier molecular flexibility index (Phi) is 4.29. The molecule has 0 radical (unpaired) electrons. The first kappa shape index (κ1) is 12.3. The molecule has 3 nitrogen and oxygen atoms in total. The summed E-state index contributed by atoms with van der Waals surface area (Å²) in [5.41, 5.74) is 4.99. The van der Waals surface area contributed by atoms with E-state index in [4.69, 9.17) is 9.47 Å². The first-order valence-corrected chi connectivity index (χ1v) is 6.01. The molecular formula is C14H19NO2. The van der Waals surface area contributed by atoms with Crippen LogP contribution in [0.25, 0.3) is 0 Å². The number of hydrogen-bond acceptors (Lipinski definition) is 3. The molecule has 0 N–H and O–H groups in total. The molecular weight excluding hydrogens is 214 g/mol. The van der Waals surface area contributed by atoms with Crippen LogP contribution in [-0.2, 0) is 15.9 Å². The lowest BCUT2D eigenvalue weighted by Crippen LogP contribution is -2.19. The first-order valence-electron chi connectivity index (χ1n) is 6.01. The molecule has 3 heteroatoms. The lowest BCUT2D eigenvalue weighted by atomic mass is 9.96. The molecule has 1 aromatic rings. The van der Waals surface area contributed by atoms with Crippen LogP contribution in [0.2, 0.25) is 0 Å². The fourth-order valence-electron chi connectivity index (χ4n) is 2.01. The summed E-state index contributed by atoms with van der Waals surface area (Å²) in [6.45, 7) is 4.82. The molecule has 1 heterocycles. The van der Waals surface area contributed by atoms with Crippen molar-refractivity contribution in [3.63, 3.8) is 0 Å². The van der Waals surface area contributed by atoms with Gasteiger partial charge in [0, 0.05) is 19.2 Å². The van der Waals surface area contributed by atoms with Crippen LogP contribution >= 0.6 is 0 Å². The maximum Gasteiger partial charge on any atom is 0.0890 e. The van der Waals surface area contributed by atoms with Gasteiger partial charge in [0.2, 0.25) is 0 Å². The number of aryl methyl sites for hydroxylation is 1. The van der Waals surface area contributed by atoms with Crippen LogP contribution in [0, 0.1) is 6.92 Å². The quantitative estimate of drug-likeness (QED) is 0.728. The maximum atomic E-state index is 5.55. The van der Waals surface area contributed by atoms with Crippen molar-refractivity contribution in [1.82, 2.24) is 0 Å². The predicted molar refractivity (Wildman–Crippen MR) is 69.0 cm³/mol. The van der Waals surface area contributed by atoms with Crippen LogP contribution in [0.15, 0.2) is 23.2 Å². The Morgan fingerprint density at radius 3 is 3.00 bits per heavy atom. The van der Waals surface area contributed by atoms with Gasteiger partial charge in [-0.2, -0.15) is 0 Å². The summed E-state index contributed by atoms with van der Waals surface area (Å²) >= 11 is 0. The predicted octanol–water partition coefficient (Wildman–Crippen LogP) is 2.00. The molecule has 0 saturated carbocycles. The van der Waals surface area contributed by atoms with Crippen LogP contribution in [-0.4, -0.2) is 39.2 Å². The number of rotatable bonds is 5. The Bertz CT molecular complexity index is 413. The van der Waals surface area contributed by atoms with E-state index in [1.807, 2.05) is 0 Å². The summed E-state index contributed by atoms with van der Waals surface area (Å²) in [5.74, 6) is 0. The molecule has 0 aliphatic carbocycles. The van der Waals surface area contributed by atoms with E-state index < -0.39 is 0 Å². The number of methoxy groups -OCH3 is 1. The van der Waals surface area contributed by atoms with Crippen LogP contribution < -0.4 is 0 Å². The highest BCUT2D eigenvalue weighted by Crippen LogP contribution is 2.18. The molecule has 0 unspecified atom stereocenters. The lowest BCUT2D eigenvalue weighted by molar-refractivity contribution is 0.0901. The molecule has 0 spiro atoms. The van der Waals surface area contributed by atoms with Crippen molar-refractivity contribution in [1.29, 1.82) is 0 Å². The second-order valence-corrected chi connectivity index (χ2v) is 4.28. The monoisotopic (exact) mass is 233 g/mol. The van der Waals surface area contributed by atoms with Crippen LogP contribution in [0.5, 0.6) is 0 Å². The number of ether oxygens (including phenoxy) is 2. The van der Waals surface area contributed by atoms with Crippen LogP contribution in [0.1, 0.15) is 16.7 Å². The fraction of sp³-hybridized carbons (Fsp3) is 0.500. The van der Waals surface area contributed by atoms with E-state index in [0.717, 1.165) is 18.7 Å². The van der Waals surface area contributed by atoms with Gasteiger partial charge in [0.1, 0.15) is 0 Å². The fourth-order valence-corrected chi connectivity index (χ4v) is 2.01. The minimum Gasteiger partial charge on any atom is -0.382 e. The average Bonchev–Trinajstić information content (AvgIpc) is 2.35. The number of benzene rings is 1. The summed E-state index contributed by atoms with van der Waals surface area (Å²) in [4.78, 5) is 4.56. The topological polar surface area (TPSA) is 30.8 Å². The number of fused-ring (bicyclic) bond motifs is 1. The van der Waals surface area contributed by atoms with Gasteiger partial charge in [0.05, 0.1) is 25.5 Å². The third kappa shape index (κ3) is 3.14. The molecule has 0 atom stereocenters. The molecule has 0 aromatic heterocycles. The van der Waals surface area contributed by atoms with E-state index in [0.29, 0.717) is 19.8 Å². The van der Waals surface area contributed by atoms with Crippen molar-refractivity contribution in [3.05, 3.63) is 34.9 Å². The zero-order valence-electron chi connectivity index (χ0n) is 10.5. The van der Waals surface area contributed by atoms with Crippen molar-refractivity contribution in [3.8, 4) is 0 Å². The van der Waals surface area contributed by atoms with Gasteiger partial charge < -0.3 is 9.47 Å². The Morgan fingerprint density at radius 2 is 2.18 bits per heavy atom. The van der Waals surface area contributed by atoms with Gasteiger partial charge in [-0.3, -0.25) is 4.99 Å². The third-order valence-corrected chi connectivity index (χ3v) is 2.93. The number of nitrogens with zero attached hydrogens (tertiary/aromatic N) is 1. The largest absolute Gasteiger partial charge is 0.382 e. The Hall–Kier alpha value is -1.19. The van der Waals surface area contributed by atoms with E-state index in [-0.39, 0.29) is 0 Å².